The van der Waals surface area contributed by atoms with Crippen LogP contribution in [-0.2, 0) is 15.7 Å². The van der Waals surface area contributed by atoms with Crippen LogP contribution in [0.3, 0.4) is 0 Å². The number of carboxylic acid groups (broad SMARTS) is 1. The van der Waals surface area contributed by atoms with Crippen molar-refractivity contribution in [3.8, 4) is 11.1 Å². The average Bonchev–Trinajstić information content (AvgIpc) is 3.09. The van der Waals surface area contributed by atoms with Crippen LogP contribution < -0.4 is 5.32 Å². The predicted octanol–water partition coefficient (Wildman–Crippen LogP) is 6.13. The van der Waals surface area contributed by atoms with Gasteiger partial charge in [0, 0.05) is 10.4 Å². The van der Waals surface area contributed by atoms with E-state index in [1.165, 1.54) is 6.07 Å². The summed E-state index contributed by atoms with van der Waals surface area (Å²) in [7, 11) is 0. The molecular weight excluding hydrogens is 503 g/mol. The molecule has 5 nitrogen and oxygen atoms in total. The summed E-state index contributed by atoms with van der Waals surface area (Å²) < 4.78 is 44.7. The van der Waals surface area contributed by atoms with Gasteiger partial charge in [0.2, 0.25) is 0 Å². The highest BCUT2D eigenvalue weighted by atomic mass is 79.9. The molecule has 0 bridgehead atoms. The van der Waals surface area contributed by atoms with Gasteiger partial charge in [0.25, 0.3) is 0 Å². The molecule has 3 aromatic carbocycles. The maximum Gasteiger partial charge on any atom is 0.417 e. The van der Waals surface area contributed by atoms with Crippen molar-refractivity contribution in [2.45, 2.75) is 18.1 Å². The van der Waals surface area contributed by atoms with Crippen LogP contribution in [0.1, 0.15) is 34.2 Å². The summed E-state index contributed by atoms with van der Waals surface area (Å²) in [6.07, 6.45) is -5.73. The quantitative estimate of drug-likeness (QED) is 0.425. The largest absolute Gasteiger partial charge is 0.479 e. The number of benzene rings is 3. The van der Waals surface area contributed by atoms with Gasteiger partial charge in [0.15, 0.2) is 6.04 Å². The Labute approximate surface area is 195 Å². The summed E-state index contributed by atoms with van der Waals surface area (Å²) >= 11 is 2.81. The van der Waals surface area contributed by atoms with Crippen molar-refractivity contribution < 1.29 is 32.6 Å². The first-order valence-electron chi connectivity index (χ1n) is 9.87. The molecule has 1 atom stereocenters. The van der Waals surface area contributed by atoms with Gasteiger partial charge >= 0.3 is 18.2 Å². The van der Waals surface area contributed by atoms with Crippen molar-refractivity contribution in [2.75, 3.05) is 6.61 Å². The van der Waals surface area contributed by atoms with Crippen LogP contribution >= 0.6 is 15.9 Å². The minimum absolute atomic E-state index is 0.0552. The van der Waals surface area contributed by atoms with Gasteiger partial charge in [-0.05, 0) is 39.9 Å². The average molecular weight is 520 g/mol. The fourth-order valence-corrected chi connectivity index (χ4v) is 4.46. The monoisotopic (exact) mass is 519 g/mol. The molecule has 0 radical (unpaired) electrons. The number of carboxylic acids is 1. The maximum absolute atomic E-state index is 13.2. The number of hydrogen-bond acceptors (Lipinski definition) is 3. The zero-order valence-electron chi connectivity index (χ0n) is 16.9. The van der Waals surface area contributed by atoms with Gasteiger partial charge < -0.3 is 15.2 Å². The number of carbonyl (C=O) groups excluding carboxylic acids is 1. The highest BCUT2D eigenvalue weighted by molar-refractivity contribution is 9.10. The lowest BCUT2D eigenvalue weighted by Crippen LogP contribution is -2.35. The van der Waals surface area contributed by atoms with Gasteiger partial charge in [-0.3, -0.25) is 0 Å². The summed E-state index contributed by atoms with van der Waals surface area (Å²) in [5.41, 5.74) is 2.74. The molecule has 3 aromatic rings. The summed E-state index contributed by atoms with van der Waals surface area (Å²) in [5, 5.41) is 11.7. The van der Waals surface area contributed by atoms with E-state index in [1.807, 2.05) is 48.5 Å². The molecule has 1 unspecified atom stereocenters. The Hall–Kier alpha value is -3.33. The smallest absolute Gasteiger partial charge is 0.417 e. The molecule has 170 valence electrons. The van der Waals surface area contributed by atoms with Crippen molar-refractivity contribution in [3.05, 3.63) is 93.5 Å². The number of ether oxygens (including phenoxy) is 1. The first-order chi connectivity index (χ1) is 15.7. The molecule has 0 heterocycles. The molecule has 0 aromatic heterocycles. The van der Waals surface area contributed by atoms with E-state index in [1.54, 1.807) is 0 Å². The number of halogens is 4. The third-order valence-electron chi connectivity index (χ3n) is 5.48. The van der Waals surface area contributed by atoms with E-state index in [0.29, 0.717) is 6.07 Å². The summed E-state index contributed by atoms with van der Waals surface area (Å²) in [5.74, 6) is -1.75. The highest BCUT2D eigenvalue weighted by Crippen LogP contribution is 2.44. The standard InChI is InChI=1S/C24H17BrF3NO4/c25-20-10-9-13(11-19(20)24(26,27)28)21(22(30)31)29-23(32)33-12-18-16-7-3-1-5-14(16)15-6-2-4-8-17(15)18/h1-11,18,21H,12H2,(H,29,32)(H,30,31). The molecule has 1 aliphatic carbocycles. The molecule has 9 heteroatoms. The van der Waals surface area contributed by atoms with Gasteiger partial charge in [0.05, 0.1) is 5.56 Å². The van der Waals surface area contributed by atoms with Crippen LogP contribution in [-0.4, -0.2) is 23.8 Å². The lowest BCUT2D eigenvalue weighted by molar-refractivity contribution is -0.141. The summed E-state index contributed by atoms with van der Waals surface area (Å²) in [4.78, 5) is 24.1. The Morgan fingerprint density at radius 1 is 1.00 bits per heavy atom. The zero-order valence-corrected chi connectivity index (χ0v) is 18.5. The van der Waals surface area contributed by atoms with Crippen LogP contribution in [0.4, 0.5) is 18.0 Å². The van der Waals surface area contributed by atoms with Crippen LogP contribution in [0.5, 0.6) is 0 Å². The van der Waals surface area contributed by atoms with Crippen molar-refractivity contribution in [3.63, 3.8) is 0 Å². The Morgan fingerprint density at radius 3 is 2.12 bits per heavy atom. The first-order valence-corrected chi connectivity index (χ1v) is 10.7. The third kappa shape index (κ3) is 4.59. The molecule has 1 amide bonds. The molecule has 0 spiro atoms. The van der Waals surface area contributed by atoms with Crippen LogP contribution in [0.15, 0.2) is 71.2 Å². The Kier molecular flexibility index (Phi) is 6.16. The van der Waals surface area contributed by atoms with Gasteiger partial charge in [-0.2, -0.15) is 13.2 Å². The molecular formula is C24H17BrF3NO4. The van der Waals surface area contributed by atoms with Gasteiger partial charge in [-0.1, -0.05) is 70.5 Å². The van der Waals surface area contributed by atoms with Gasteiger partial charge in [0.1, 0.15) is 6.61 Å². The van der Waals surface area contributed by atoms with Gasteiger partial charge in [-0.15, -0.1) is 0 Å². The molecule has 0 aliphatic heterocycles. The number of rotatable bonds is 5. The Morgan fingerprint density at radius 2 is 1.58 bits per heavy atom. The molecule has 0 fully saturated rings. The number of amides is 1. The van der Waals surface area contributed by atoms with E-state index < -0.39 is 29.8 Å². The van der Waals surface area contributed by atoms with E-state index in [2.05, 4.69) is 21.2 Å². The Balaban J connectivity index is 1.51. The van der Waals surface area contributed by atoms with Crippen molar-refractivity contribution in [2.24, 2.45) is 0 Å². The topological polar surface area (TPSA) is 75.6 Å². The number of carbonyl (C=O) groups is 2. The van der Waals surface area contributed by atoms with E-state index in [0.717, 1.165) is 28.3 Å². The predicted molar refractivity (Wildman–Crippen MR) is 118 cm³/mol. The van der Waals surface area contributed by atoms with Crippen molar-refractivity contribution >= 4 is 28.0 Å². The molecule has 33 heavy (non-hydrogen) atoms. The second-order valence-electron chi connectivity index (χ2n) is 7.48. The fraction of sp³-hybridized carbons (Fsp3) is 0.167. The van der Waals surface area contributed by atoms with Crippen LogP contribution in [0.25, 0.3) is 11.1 Å². The molecule has 0 saturated carbocycles. The van der Waals surface area contributed by atoms with Crippen molar-refractivity contribution in [1.29, 1.82) is 0 Å². The lowest BCUT2D eigenvalue weighted by Gasteiger charge is -2.19. The fourth-order valence-electron chi connectivity index (χ4n) is 3.99. The van der Waals surface area contributed by atoms with E-state index in [9.17, 15) is 27.9 Å². The second kappa shape index (κ2) is 8.90. The zero-order chi connectivity index (χ0) is 23.8. The van der Waals surface area contributed by atoms with Crippen LogP contribution in [0.2, 0.25) is 0 Å². The molecule has 0 saturated heterocycles. The van der Waals surface area contributed by atoms with E-state index in [-0.39, 0.29) is 22.6 Å². The number of alkyl carbamates (subject to hydrolysis) is 1. The molecule has 4 rings (SSSR count). The Bertz CT molecular complexity index is 1180. The summed E-state index contributed by atoms with van der Waals surface area (Å²) in [6, 6.07) is 16.7. The van der Waals surface area contributed by atoms with E-state index in [4.69, 9.17) is 4.74 Å². The number of fused-ring (bicyclic) bond motifs is 3. The van der Waals surface area contributed by atoms with E-state index >= 15 is 0 Å². The SMILES string of the molecule is O=C(NC(C(=O)O)c1ccc(Br)c(C(F)(F)F)c1)OCC1c2ccccc2-c2ccccc21. The number of aliphatic carboxylic acids is 1. The maximum atomic E-state index is 13.2. The summed E-state index contributed by atoms with van der Waals surface area (Å²) in [6.45, 7) is -0.0552. The third-order valence-corrected chi connectivity index (χ3v) is 6.17. The number of nitrogens with one attached hydrogen (secondary N) is 1. The first kappa shape index (κ1) is 22.8. The highest BCUT2D eigenvalue weighted by Gasteiger charge is 2.35. The van der Waals surface area contributed by atoms with Gasteiger partial charge in [-0.25, -0.2) is 9.59 Å². The number of hydrogen-bond donors (Lipinski definition) is 2. The molecule has 1 aliphatic rings. The second-order valence-corrected chi connectivity index (χ2v) is 8.33. The molecule has 2 N–H and O–H groups in total. The van der Waals surface area contributed by atoms with Crippen molar-refractivity contribution in [1.82, 2.24) is 5.32 Å². The minimum Gasteiger partial charge on any atom is -0.479 e. The lowest BCUT2D eigenvalue weighted by atomic mass is 9.98. The van der Waals surface area contributed by atoms with Crippen LogP contribution in [0, 0.1) is 0 Å². The number of alkyl halides is 3. The normalized spacial score (nSPS) is 13.7. The minimum atomic E-state index is -4.69.